The van der Waals surface area contributed by atoms with Gasteiger partial charge in [-0.05, 0) is 67.9 Å². The lowest BCUT2D eigenvalue weighted by molar-refractivity contribution is -0.130. The van der Waals surface area contributed by atoms with E-state index in [1.165, 1.54) is 5.48 Å². The Kier molecular flexibility index (Phi) is 10.2. The van der Waals surface area contributed by atoms with Gasteiger partial charge in [-0.1, -0.05) is 19.3 Å². The van der Waals surface area contributed by atoms with Crippen LogP contribution < -0.4 is 27.2 Å². The molecule has 0 saturated carbocycles. The average molecular weight is 466 g/mol. The standard InChI is InChI=1S/C24H27N5O4.CH4/c25-14-21(24(32)29-33)28-22(30)18-9-5-16(6-10-18)3-4-17-7-11-20(12-8-17)27-23(31)19-2-1-13-26-15-19;/h5-12,19,21,26,33H,1-2,13-15,25H2,(H,27,31)(H,28,30)(H,29,32);1H4/t19?,21-;/m0./s1. The number of hydrogen-bond acceptors (Lipinski definition) is 6. The van der Waals surface area contributed by atoms with Crippen molar-refractivity contribution in [2.45, 2.75) is 26.3 Å². The zero-order valence-corrected chi connectivity index (χ0v) is 18.1. The van der Waals surface area contributed by atoms with E-state index in [4.69, 9.17) is 10.9 Å². The molecular formula is C25H31N5O4. The molecule has 2 atom stereocenters. The van der Waals surface area contributed by atoms with E-state index < -0.39 is 17.9 Å². The topological polar surface area (TPSA) is 146 Å². The molecule has 0 aliphatic carbocycles. The fourth-order valence-electron chi connectivity index (χ4n) is 3.36. The van der Waals surface area contributed by atoms with Crippen molar-refractivity contribution in [2.75, 3.05) is 25.0 Å². The fraction of sp³-hybridized carbons (Fsp3) is 0.320. The van der Waals surface area contributed by atoms with Crippen LogP contribution >= 0.6 is 0 Å². The van der Waals surface area contributed by atoms with Crippen LogP contribution in [0.25, 0.3) is 0 Å². The molecule has 1 unspecified atom stereocenters. The van der Waals surface area contributed by atoms with Crippen molar-refractivity contribution in [1.82, 2.24) is 16.1 Å². The fourth-order valence-corrected chi connectivity index (χ4v) is 3.36. The lowest BCUT2D eigenvalue weighted by Crippen LogP contribution is -2.50. The van der Waals surface area contributed by atoms with Gasteiger partial charge in [0.25, 0.3) is 11.8 Å². The van der Waals surface area contributed by atoms with Gasteiger partial charge < -0.3 is 21.7 Å². The molecule has 2 aromatic carbocycles. The van der Waals surface area contributed by atoms with Crippen molar-refractivity contribution in [2.24, 2.45) is 11.7 Å². The zero-order chi connectivity index (χ0) is 23.6. The van der Waals surface area contributed by atoms with E-state index in [9.17, 15) is 14.4 Å². The lowest BCUT2D eigenvalue weighted by atomic mass is 9.99. The van der Waals surface area contributed by atoms with Gasteiger partial charge in [-0.3, -0.25) is 19.6 Å². The number of nitrogens with one attached hydrogen (secondary N) is 4. The second-order valence-corrected chi connectivity index (χ2v) is 7.68. The summed E-state index contributed by atoms with van der Waals surface area (Å²) in [5, 5.41) is 17.3. The monoisotopic (exact) mass is 465 g/mol. The minimum Gasteiger partial charge on any atom is -0.339 e. The van der Waals surface area contributed by atoms with Crippen molar-refractivity contribution >= 4 is 23.4 Å². The molecule has 9 nitrogen and oxygen atoms in total. The maximum Gasteiger partial charge on any atom is 0.267 e. The molecule has 180 valence electrons. The van der Waals surface area contributed by atoms with Gasteiger partial charge in [0, 0.05) is 35.5 Å². The SMILES string of the molecule is C.NC[C@H](NC(=O)c1ccc(C#Cc2ccc(NC(=O)C3CCCNC3)cc2)cc1)C(=O)NO. The summed E-state index contributed by atoms with van der Waals surface area (Å²) in [5.41, 5.74) is 9.46. The molecular weight excluding hydrogens is 434 g/mol. The first kappa shape index (κ1) is 26.5. The van der Waals surface area contributed by atoms with Crippen LogP contribution in [-0.2, 0) is 9.59 Å². The normalized spacial score (nSPS) is 15.5. The molecule has 1 saturated heterocycles. The number of anilines is 1. The average Bonchev–Trinajstić information content (AvgIpc) is 2.87. The number of nitrogens with two attached hydrogens (primary N) is 1. The third kappa shape index (κ3) is 7.42. The van der Waals surface area contributed by atoms with E-state index in [1.54, 1.807) is 24.3 Å². The summed E-state index contributed by atoms with van der Waals surface area (Å²) in [6.45, 7) is 1.52. The zero-order valence-electron chi connectivity index (χ0n) is 18.1. The Morgan fingerprint density at radius 3 is 2.21 bits per heavy atom. The summed E-state index contributed by atoms with van der Waals surface area (Å²) in [5.74, 6) is 4.82. The molecule has 1 aliphatic heterocycles. The van der Waals surface area contributed by atoms with E-state index >= 15 is 0 Å². The highest BCUT2D eigenvalue weighted by atomic mass is 16.5. The molecule has 1 fully saturated rings. The van der Waals surface area contributed by atoms with Crippen LogP contribution in [-0.4, -0.2) is 48.6 Å². The minimum absolute atomic E-state index is 0. The number of carbonyl (C=O) groups is 3. The highest BCUT2D eigenvalue weighted by molar-refractivity contribution is 5.97. The van der Waals surface area contributed by atoms with Crippen molar-refractivity contribution < 1.29 is 19.6 Å². The molecule has 0 aromatic heterocycles. The van der Waals surface area contributed by atoms with Crippen LogP contribution in [0.4, 0.5) is 5.69 Å². The first-order valence-corrected chi connectivity index (χ1v) is 10.7. The molecule has 9 heteroatoms. The molecule has 2 aromatic rings. The van der Waals surface area contributed by atoms with Crippen molar-refractivity contribution in [3.05, 3.63) is 65.2 Å². The van der Waals surface area contributed by atoms with Crippen molar-refractivity contribution in [3.63, 3.8) is 0 Å². The van der Waals surface area contributed by atoms with Gasteiger partial charge in [0.15, 0.2) is 0 Å². The van der Waals surface area contributed by atoms with Gasteiger partial charge in [-0.15, -0.1) is 0 Å². The van der Waals surface area contributed by atoms with Crippen LogP contribution in [0.3, 0.4) is 0 Å². The van der Waals surface area contributed by atoms with Crippen LogP contribution in [0.1, 0.15) is 41.8 Å². The third-order valence-electron chi connectivity index (χ3n) is 5.29. The molecule has 0 radical (unpaired) electrons. The summed E-state index contributed by atoms with van der Waals surface area (Å²) in [6, 6.07) is 12.8. The van der Waals surface area contributed by atoms with Crippen LogP contribution in [0, 0.1) is 17.8 Å². The lowest BCUT2D eigenvalue weighted by Gasteiger charge is -2.21. The summed E-state index contributed by atoms with van der Waals surface area (Å²) in [7, 11) is 0. The molecule has 1 heterocycles. The van der Waals surface area contributed by atoms with Crippen molar-refractivity contribution in [1.29, 1.82) is 0 Å². The Balaban J connectivity index is 0.00000408. The largest absolute Gasteiger partial charge is 0.339 e. The second-order valence-electron chi connectivity index (χ2n) is 7.68. The first-order chi connectivity index (χ1) is 16.0. The van der Waals surface area contributed by atoms with Gasteiger partial charge in [0.05, 0.1) is 5.92 Å². The van der Waals surface area contributed by atoms with E-state index in [1.807, 2.05) is 24.3 Å². The van der Waals surface area contributed by atoms with Crippen LogP contribution in [0.15, 0.2) is 48.5 Å². The summed E-state index contributed by atoms with van der Waals surface area (Å²) in [4.78, 5) is 36.0. The molecule has 0 bridgehead atoms. The number of hydroxylamine groups is 1. The van der Waals surface area contributed by atoms with Crippen LogP contribution in [0.2, 0.25) is 0 Å². The quantitative estimate of drug-likeness (QED) is 0.215. The van der Waals surface area contributed by atoms with E-state index in [2.05, 4.69) is 27.8 Å². The van der Waals surface area contributed by atoms with E-state index in [0.29, 0.717) is 17.7 Å². The van der Waals surface area contributed by atoms with Crippen LogP contribution in [0.5, 0.6) is 0 Å². The Morgan fingerprint density at radius 2 is 1.68 bits per heavy atom. The predicted octanol–water partition coefficient (Wildman–Crippen LogP) is 1.22. The number of rotatable bonds is 6. The number of benzene rings is 2. The van der Waals surface area contributed by atoms with Gasteiger partial charge in [-0.25, -0.2) is 5.48 Å². The second kappa shape index (κ2) is 13.1. The van der Waals surface area contributed by atoms with Crippen molar-refractivity contribution in [3.8, 4) is 11.8 Å². The summed E-state index contributed by atoms with van der Waals surface area (Å²) >= 11 is 0. The highest BCUT2D eigenvalue weighted by Crippen LogP contribution is 2.15. The Labute approximate surface area is 199 Å². The molecule has 0 spiro atoms. The first-order valence-electron chi connectivity index (χ1n) is 10.7. The van der Waals surface area contributed by atoms with E-state index in [-0.39, 0.29) is 25.8 Å². The molecule has 1 aliphatic rings. The summed E-state index contributed by atoms with van der Waals surface area (Å²) < 4.78 is 0. The number of carbonyl (C=O) groups excluding carboxylic acids is 3. The van der Waals surface area contributed by atoms with E-state index in [0.717, 1.165) is 30.6 Å². The number of amides is 3. The Morgan fingerprint density at radius 1 is 1.06 bits per heavy atom. The van der Waals surface area contributed by atoms with Gasteiger partial charge in [0.2, 0.25) is 5.91 Å². The molecule has 3 amide bonds. The molecule has 34 heavy (non-hydrogen) atoms. The molecule has 7 N–H and O–H groups in total. The highest BCUT2D eigenvalue weighted by Gasteiger charge is 2.21. The maximum atomic E-state index is 12.3. The minimum atomic E-state index is -1.03. The number of piperidine rings is 1. The van der Waals surface area contributed by atoms with Gasteiger partial charge in [0.1, 0.15) is 6.04 Å². The molecule has 3 rings (SSSR count). The Bertz CT molecular complexity index is 1040. The predicted molar refractivity (Wildman–Crippen MR) is 130 cm³/mol. The smallest absolute Gasteiger partial charge is 0.267 e. The third-order valence-corrected chi connectivity index (χ3v) is 5.29. The number of hydrogen-bond donors (Lipinski definition) is 6. The van der Waals surface area contributed by atoms with Gasteiger partial charge in [-0.2, -0.15) is 0 Å². The Hall–Kier alpha value is -3.71. The maximum absolute atomic E-state index is 12.3. The van der Waals surface area contributed by atoms with Gasteiger partial charge >= 0.3 is 0 Å². The summed E-state index contributed by atoms with van der Waals surface area (Å²) in [6.07, 6.45) is 1.90.